The van der Waals surface area contributed by atoms with E-state index in [9.17, 15) is 9.59 Å². The minimum absolute atomic E-state index is 0.0935. The van der Waals surface area contributed by atoms with Crippen LogP contribution in [0.5, 0.6) is 0 Å². The van der Waals surface area contributed by atoms with Crippen LogP contribution in [-0.4, -0.2) is 24.9 Å². The molecule has 0 radical (unpaired) electrons. The molecule has 5 heteroatoms. The smallest absolute Gasteiger partial charge is 0.227 e. The molecule has 0 heterocycles. The molecule has 0 unspecified atom stereocenters. The van der Waals surface area contributed by atoms with Gasteiger partial charge in [0.1, 0.15) is 0 Å². The third-order valence-electron chi connectivity index (χ3n) is 4.07. The summed E-state index contributed by atoms with van der Waals surface area (Å²) in [4.78, 5) is 22.9. The van der Waals surface area contributed by atoms with E-state index in [0.29, 0.717) is 19.5 Å². The van der Waals surface area contributed by atoms with Gasteiger partial charge in [0.05, 0.1) is 5.41 Å². The van der Waals surface area contributed by atoms with Crippen molar-refractivity contribution < 1.29 is 9.59 Å². The molecule has 5 N–H and O–H groups in total. The number of nitrogens with one attached hydrogen (secondary N) is 1. The number of hydrogen-bond donors (Lipinski definition) is 3. The van der Waals surface area contributed by atoms with Gasteiger partial charge >= 0.3 is 0 Å². The molecule has 2 amide bonds. The standard InChI is InChI=1S/C14H27N3O2/c15-11-14(8-4-1-2-5-9-14)13(19)17-10-6-3-7-12(16)18/h1-11,15H2,(H2,16,18)(H,17,19). The maximum atomic E-state index is 12.3. The summed E-state index contributed by atoms with van der Waals surface area (Å²) < 4.78 is 0. The molecule has 1 saturated carbocycles. The second kappa shape index (κ2) is 8.15. The predicted molar refractivity (Wildman–Crippen MR) is 75.2 cm³/mol. The molecule has 1 rings (SSSR count). The maximum Gasteiger partial charge on any atom is 0.227 e. The molecule has 5 nitrogen and oxygen atoms in total. The number of carbonyl (C=O) groups is 2. The Labute approximate surface area is 115 Å². The van der Waals surface area contributed by atoms with Gasteiger partial charge in [-0.15, -0.1) is 0 Å². The van der Waals surface area contributed by atoms with E-state index < -0.39 is 0 Å². The van der Waals surface area contributed by atoms with Crippen LogP contribution in [0.2, 0.25) is 0 Å². The van der Waals surface area contributed by atoms with Crippen LogP contribution in [0.15, 0.2) is 0 Å². The fourth-order valence-electron chi connectivity index (χ4n) is 2.74. The zero-order valence-corrected chi connectivity index (χ0v) is 11.7. The maximum absolute atomic E-state index is 12.3. The van der Waals surface area contributed by atoms with E-state index in [1.54, 1.807) is 0 Å². The second-order valence-electron chi connectivity index (χ2n) is 5.58. The lowest BCUT2D eigenvalue weighted by Crippen LogP contribution is -2.46. The van der Waals surface area contributed by atoms with Crippen molar-refractivity contribution in [2.45, 2.75) is 57.8 Å². The fraction of sp³-hybridized carbons (Fsp3) is 0.857. The Morgan fingerprint density at radius 3 is 2.21 bits per heavy atom. The topological polar surface area (TPSA) is 98.2 Å². The molecule has 110 valence electrons. The van der Waals surface area contributed by atoms with Gasteiger partial charge in [0.15, 0.2) is 0 Å². The molecule has 19 heavy (non-hydrogen) atoms. The predicted octanol–water partition coefficient (Wildman–Crippen LogP) is 1.06. The van der Waals surface area contributed by atoms with Crippen molar-refractivity contribution in [1.82, 2.24) is 5.32 Å². The number of carbonyl (C=O) groups excluding carboxylic acids is 2. The Morgan fingerprint density at radius 1 is 1.05 bits per heavy atom. The average Bonchev–Trinajstić information content (AvgIpc) is 2.64. The monoisotopic (exact) mass is 269 g/mol. The Balaban J connectivity index is 2.34. The summed E-state index contributed by atoms with van der Waals surface area (Å²) in [6, 6.07) is 0. The zero-order chi connectivity index (χ0) is 14.1. The van der Waals surface area contributed by atoms with Crippen molar-refractivity contribution >= 4 is 11.8 Å². The SMILES string of the molecule is NCC1(C(=O)NCCCCC(N)=O)CCCCCC1. The van der Waals surface area contributed by atoms with E-state index >= 15 is 0 Å². The highest BCUT2D eigenvalue weighted by Gasteiger charge is 2.36. The molecule has 0 saturated heterocycles. The lowest BCUT2D eigenvalue weighted by molar-refractivity contribution is -0.131. The Kier molecular flexibility index (Phi) is 6.84. The van der Waals surface area contributed by atoms with E-state index in [0.717, 1.165) is 38.5 Å². The fourth-order valence-corrected chi connectivity index (χ4v) is 2.74. The molecule has 1 fully saturated rings. The van der Waals surface area contributed by atoms with Crippen LogP contribution in [0, 0.1) is 5.41 Å². The van der Waals surface area contributed by atoms with Gasteiger partial charge in [0, 0.05) is 19.5 Å². The third-order valence-corrected chi connectivity index (χ3v) is 4.07. The Hall–Kier alpha value is -1.10. The molecule has 1 aliphatic carbocycles. The van der Waals surface area contributed by atoms with E-state index in [-0.39, 0.29) is 17.2 Å². The molecule has 0 bridgehead atoms. The third kappa shape index (κ3) is 5.19. The molecule has 0 aromatic heterocycles. The van der Waals surface area contributed by atoms with Crippen LogP contribution in [0.3, 0.4) is 0 Å². The molecule has 1 aliphatic rings. The summed E-state index contributed by atoms with van der Waals surface area (Å²) in [5, 5.41) is 2.97. The summed E-state index contributed by atoms with van der Waals surface area (Å²) in [6.07, 6.45) is 8.28. The van der Waals surface area contributed by atoms with Crippen LogP contribution in [0.4, 0.5) is 0 Å². The van der Waals surface area contributed by atoms with Crippen LogP contribution < -0.4 is 16.8 Å². The summed E-state index contributed by atoms with van der Waals surface area (Å²) >= 11 is 0. The van der Waals surface area contributed by atoms with Crippen molar-refractivity contribution in [2.75, 3.05) is 13.1 Å². The molecule has 0 spiro atoms. The molecule has 0 aliphatic heterocycles. The van der Waals surface area contributed by atoms with Crippen molar-refractivity contribution in [1.29, 1.82) is 0 Å². The minimum Gasteiger partial charge on any atom is -0.370 e. The first-order chi connectivity index (χ1) is 9.10. The molecule has 0 atom stereocenters. The van der Waals surface area contributed by atoms with Crippen LogP contribution in [-0.2, 0) is 9.59 Å². The lowest BCUT2D eigenvalue weighted by atomic mass is 9.79. The molecular weight excluding hydrogens is 242 g/mol. The van der Waals surface area contributed by atoms with Crippen LogP contribution in [0.1, 0.15) is 57.8 Å². The van der Waals surface area contributed by atoms with E-state index in [2.05, 4.69) is 5.32 Å². The lowest BCUT2D eigenvalue weighted by Gasteiger charge is -2.29. The first-order valence-electron chi connectivity index (χ1n) is 7.37. The van der Waals surface area contributed by atoms with E-state index in [1.165, 1.54) is 12.8 Å². The Morgan fingerprint density at radius 2 is 1.68 bits per heavy atom. The summed E-state index contributed by atoms with van der Waals surface area (Å²) in [5.41, 5.74) is 10.6. The number of primary amides is 1. The van der Waals surface area contributed by atoms with Gasteiger partial charge in [-0.05, 0) is 25.7 Å². The van der Waals surface area contributed by atoms with Crippen molar-refractivity contribution in [3.05, 3.63) is 0 Å². The minimum atomic E-state index is -0.361. The molecule has 0 aromatic carbocycles. The van der Waals surface area contributed by atoms with E-state index in [1.807, 2.05) is 0 Å². The van der Waals surface area contributed by atoms with Gasteiger partial charge in [0.2, 0.25) is 11.8 Å². The normalized spacial score (nSPS) is 18.6. The van der Waals surface area contributed by atoms with E-state index in [4.69, 9.17) is 11.5 Å². The first-order valence-corrected chi connectivity index (χ1v) is 7.37. The van der Waals surface area contributed by atoms with Gasteiger partial charge < -0.3 is 16.8 Å². The number of amides is 2. The molecule has 0 aromatic rings. The largest absolute Gasteiger partial charge is 0.370 e. The first kappa shape index (κ1) is 16.0. The number of nitrogens with two attached hydrogens (primary N) is 2. The molecular formula is C14H27N3O2. The highest BCUT2D eigenvalue weighted by atomic mass is 16.2. The number of hydrogen-bond acceptors (Lipinski definition) is 3. The highest BCUT2D eigenvalue weighted by molar-refractivity contribution is 5.82. The van der Waals surface area contributed by atoms with Crippen LogP contribution >= 0.6 is 0 Å². The van der Waals surface area contributed by atoms with Crippen LogP contribution in [0.25, 0.3) is 0 Å². The average molecular weight is 269 g/mol. The number of rotatable bonds is 7. The van der Waals surface area contributed by atoms with Crippen molar-refractivity contribution in [2.24, 2.45) is 16.9 Å². The quantitative estimate of drug-likeness (QED) is 0.476. The van der Waals surface area contributed by atoms with Gasteiger partial charge in [-0.3, -0.25) is 9.59 Å². The Bertz CT molecular complexity index is 297. The summed E-state index contributed by atoms with van der Waals surface area (Å²) in [7, 11) is 0. The summed E-state index contributed by atoms with van der Waals surface area (Å²) in [6.45, 7) is 1.04. The van der Waals surface area contributed by atoms with Gasteiger partial charge in [-0.2, -0.15) is 0 Å². The van der Waals surface area contributed by atoms with Gasteiger partial charge in [-0.1, -0.05) is 25.7 Å². The van der Waals surface area contributed by atoms with Gasteiger partial charge in [0.25, 0.3) is 0 Å². The second-order valence-corrected chi connectivity index (χ2v) is 5.58. The highest BCUT2D eigenvalue weighted by Crippen LogP contribution is 2.34. The van der Waals surface area contributed by atoms with Gasteiger partial charge in [-0.25, -0.2) is 0 Å². The van der Waals surface area contributed by atoms with Crippen molar-refractivity contribution in [3.8, 4) is 0 Å². The summed E-state index contributed by atoms with van der Waals surface area (Å²) in [5.74, 6) is -0.190. The van der Waals surface area contributed by atoms with Crippen molar-refractivity contribution in [3.63, 3.8) is 0 Å². The number of unbranched alkanes of at least 4 members (excludes halogenated alkanes) is 1. The zero-order valence-electron chi connectivity index (χ0n) is 11.7.